The van der Waals surface area contributed by atoms with E-state index in [-0.39, 0.29) is 6.42 Å². The summed E-state index contributed by atoms with van der Waals surface area (Å²) in [4.78, 5) is 11.2. The summed E-state index contributed by atoms with van der Waals surface area (Å²) in [7, 11) is 2.46. The molecule has 1 aliphatic heterocycles. The SMILES string of the molecule is [3H]C(=O)C/C=C(\C)CC[N+]1(C)CCc2c(C)c(C)c(C)c(C)c2C1Cc1c(C)c(C)c(C)c(C)c1C. The minimum absolute atomic E-state index is 0.221. The Balaban J connectivity index is 2.17. The van der Waals surface area contributed by atoms with E-state index >= 15 is 0 Å². The molecule has 0 aliphatic carbocycles. The van der Waals surface area contributed by atoms with Gasteiger partial charge < -0.3 is 9.28 Å². The van der Waals surface area contributed by atoms with Gasteiger partial charge in [0.2, 0.25) is 0 Å². The molecule has 2 heteroatoms. The van der Waals surface area contributed by atoms with Crippen LogP contribution in [0.4, 0.5) is 0 Å². The zero-order valence-corrected chi connectivity index (χ0v) is 24.3. The molecular formula is C33H48NO+. The lowest BCUT2D eigenvalue weighted by Gasteiger charge is -2.48. The smallest absolute Gasteiger partial charge is 0.123 e. The molecule has 2 unspecified atom stereocenters. The first-order chi connectivity index (χ1) is 16.7. The Morgan fingerprint density at radius 3 is 1.94 bits per heavy atom. The minimum atomic E-state index is -0.507. The van der Waals surface area contributed by atoms with Crippen molar-refractivity contribution < 1.29 is 10.6 Å². The summed E-state index contributed by atoms with van der Waals surface area (Å²) >= 11 is 0. The number of allylic oxidation sites excluding steroid dienone is 1. The number of hydrogen-bond donors (Lipinski definition) is 0. The molecular weight excluding hydrogens is 426 g/mol. The summed E-state index contributed by atoms with van der Waals surface area (Å²) < 4.78 is 8.27. The normalized spacial score (nSPS) is 20.6. The van der Waals surface area contributed by atoms with Gasteiger partial charge in [0.15, 0.2) is 0 Å². The van der Waals surface area contributed by atoms with Gasteiger partial charge in [0.1, 0.15) is 13.7 Å². The van der Waals surface area contributed by atoms with Gasteiger partial charge in [-0.05, 0) is 130 Å². The van der Waals surface area contributed by atoms with Crippen LogP contribution in [-0.2, 0) is 17.6 Å². The van der Waals surface area contributed by atoms with E-state index in [4.69, 9.17) is 1.37 Å². The Morgan fingerprint density at radius 2 is 1.37 bits per heavy atom. The number of carbonyl (C=O) groups is 1. The summed E-state index contributed by atoms with van der Waals surface area (Å²) in [6, 6.07) is 0.399. The van der Waals surface area contributed by atoms with Crippen molar-refractivity contribution in [2.75, 3.05) is 20.1 Å². The molecule has 2 nitrogen and oxygen atoms in total. The first-order valence-electron chi connectivity index (χ1n) is 13.9. The molecule has 190 valence electrons. The number of quaternary nitrogens is 1. The molecule has 1 aliphatic rings. The molecule has 0 spiro atoms. The van der Waals surface area contributed by atoms with Crippen LogP contribution in [0.25, 0.3) is 0 Å². The Morgan fingerprint density at radius 1 is 0.857 bits per heavy atom. The number of hydrogen-bond acceptors (Lipinski definition) is 1. The zero-order valence-electron chi connectivity index (χ0n) is 25.3. The van der Waals surface area contributed by atoms with Crippen molar-refractivity contribution in [1.29, 1.82) is 0 Å². The maximum absolute atomic E-state index is 11.2. The number of aldehydes is 1. The number of rotatable bonds is 7. The fourth-order valence-corrected chi connectivity index (χ4v) is 6.44. The molecule has 1 heterocycles. The van der Waals surface area contributed by atoms with E-state index in [1.54, 1.807) is 11.1 Å². The number of carbonyl (C=O) groups excluding carboxylic acids is 1. The van der Waals surface area contributed by atoms with E-state index in [9.17, 15) is 4.79 Å². The maximum Gasteiger partial charge on any atom is 0.123 e. The fraction of sp³-hybridized carbons (Fsp3) is 0.545. The molecule has 0 amide bonds. The van der Waals surface area contributed by atoms with E-state index < -0.39 is 6.26 Å². The minimum Gasteiger partial charge on any atom is -0.319 e. The summed E-state index contributed by atoms with van der Waals surface area (Å²) in [6.45, 7) is 25.0. The molecule has 0 bridgehead atoms. The van der Waals surface area contributed by atoms with Crippen LogP contribution in [0.15, 0.2) is 11.6 Å². The van der Waals surface area contributed by atoms with Crippen molar-refractivity contribution in [3.63, 3.8) is 0 Å². The first-order valence-corrected chi connectivity index (χ1v) is 13.4. The van der Waals surface area contributed by atoms with Crippen molar-refractivity contribution in [1.82, 2.24) is 0 Å². The van der Waals surface area contributed by atoms with Gasteiger partial charge in [-0.3, -0.25) is 0 Å². The molecule has 3 rings (SSSR count). The van der Waals surface area contributed by atoms with E-state index in [2.05, 4.69) is 76.3 Å². The third-order valence-electron chi connectivity index (χ3n) is 9.93. The van der Waals surface area contributed by atoms with Crippen molar-refractivity contribution in [3.05, 3.63) is 78.4 Å². The number of nitrogens with zero attached hydrogens (tertiary/aromatic N) is 1. The zero-order chi connectivity index (χ0) is 27.1. The predicted octanol–water partition coefficient (Wildman–Crippen LogP) is 7.67. The Labute approximate surface area is 216 Å². The van der Waals surface area contributed by atoms with Crippen molar-refractivity contribution in [2.24, 2.45) is 0 Å². The molecule has 0 saturated carbocycles. The molecule has 35 heavy (non-hydrogen) atoms. The monoisotopic (exact) mass is 476 g/mol. The highest BCUT2D eigenvalue weighted by Gasteiger charge is 2.41. The Hall–Kier alpha value is -2.19. The number of fused-ring (bicyclic) bond motifs is 1. The second-order valence-electron chi connectivity index (χ2n) is 11.5. The predicted molar refractivity (Wildman–Crippen MR) is 151 cm³/mol. The lowest BCUT2D eigenvalue weighted by atomic mass is 9.77. The van der Waals surface area contributed by atoms with Gasteiger partial charge in [0.05, 0.1) is 20.1 Å². The largest absolute Gasteiger partial charge is 0.319 e. The van der Waals surface area contributed by atoms with E-state index in [1.807, 2.05) is 6.08 Å². The molecule has 0 aromatic heterocycles. The lowest BCUT2D eigenvalue weighted by molar-refractivity contribution is -0.941. The Kier molecular flexibility index (Phi) is 7.71. The van der Waals surface area contributed by atoms with Crippen LogP contribution in [0.1, 0.15) is 93.9 Å². The van der Waals surface area contributed by atoms with Gasteiger partial charge in [-0.25, -0.2) is 0 Å². The average Bonchev–Trinajstić information content (AvgIpc) is 2.84. The Bertz CT molecular complexity index is 1210. The summed E-state index contributed by atoms with van der Waals surface area (Å²) in [5.74, 6) is 0. The second kappa shape index (κ2) is 10.4. The third-order valence-corrected chi connectivity index (χ3v) is 9.93. The van der Waals surface area contributed by atoms with Gasteiger partial charge in [-0.15, -0.1) is 0 Å². The van der Waals surface area contributed by atoms with Crippen LogP contribution in [0.2, 0.25) is 0 Å². The van der Waals surface area contributed by atoms with Crippen LogP contribution in [-0.4, -0.2) is 30.9 Å². The molecule has 2 aromatic rings. The van der Waals surface area contributed by atoms with E-state index in [1.165, 1.54) is 61.2 Å². The number of benzene rings is 2. The van der Waals surface area contributed by atoms with Crippen LogP contribution in [0, 0.1) is 62.3 Å². The van der Waals surface area contributed by atoms with Gasteiger partial charge in [-0.1, -0.05) is 11.6 Å². The quantitative estimate of drug-likeness (QED) is 0.228. The highest BCUT2D eigenvalue weighted by molar-refractivity contribution is 5.54. The number of likely N-dealkylation sites (N-methyl/N-ethyl adjacent to an activating group) is 1. The molecule has 2 atom stereocenters. The van der Waals surface area contributed by atoms with Crippen LogP contribution < -0.4 is 0 Å². The summed E-state index contributed by atoms with van der Waals surface area (Å²) in [5.41, 5.74) is 19.0. The van der Waals surface area contributed by atoms with Crippen molar-refractivity contribution >= 4 is 6.26 Å². The highest BCUT2D eigenvalue weighted by Crippen LogP contribution is 2.44. The van der Waals surface area contributed by atoms with Crippen molar-refractivity contribution in [3.8, 4) is 0 Å². The van der Waals surface area contributed by atoms with E-state index in [0.29, 0.717) is 6.04 Å². The summed E-state index contributed by atoms with van der Waals surface area (Å²) in [5, 5.41) is 0. The summed E-state index contributed by atoms with van der Waals surface area (Å²) in [6.07, 6.45) is 4.81. The van der Waals surface area contributed by atoms with Crippen LogP contribution >= 0.6 is 0 Å². The molecule has 0 N–H and O–H groups in total. The lowest BCUT2D eigenvalue weighted by Crippen LogP contribution is -2.53. The van der Waals surface area contributed by atoms with Gasteiger partial charge in [0.25, 0.3) is 0 Å². The van der Waals surface area contributed by atoms with Crippen LogP contribution in [0.3, 0.4) is 0 Å². The molecule has 0 saturated heterocycles. The standard InChI is InChI=1S/C33H48NO/c1-20(13-12-18-35)14-16-34(11)17-15-30-26(7)24(5)25(6)29(10)33(30)32(34)19-31-27(8)22(3)21(2)23(4)28(31)9/h13,18,32H,12,14-17,19H2,1-11H3/q+1/b20-13+/i18T. The van der Waals surface area contributed by atoms with Crippen molar-refractivity contribution in [2.45, 2.75) is 101 Å². The van der Waals surface area contributed by atoms with Gasteiger partial charge in [-0.2, -0.15) is 0 Å². The molecule has 0 fully saturated rings. The fourth-order valence-electron chi connectivity index (χ4n) is 6.44. The topological polar surface area (TPSA) is 17.1 Å². The molecule has 0 radical (unpaired) electrons. The maximum atomic E-state index is 11.2. The van der Waals surface area contributed by atoms with Gasteiger partial charge in [0, 0.05) is 31.2 Å². The first kappa shape index (κ1) is 25.9. The third kappa shape index (κ3) is 4.92. The van der Waals surface area contributed by atoms with Crippen LogP contribution in [0.5, 0.6) is 0 Å². The average molecular weight is 477 g/mol. The van der Waals surface area contributed by atoms with Gasteiger partial charge >= 0.3 is 0 Å². The van der Waals surface area contributed by atoms with E-state index in [0.717, 1.165) is 36.8 Å². The highest BCUT2D eigenvalue weighted by atomic mass is 16.1. The second-order valence-corrected chi connectivity index (χ2v) is 11.5. The molecule has 2 aromatic carbocycles.